The van der Waals surface area contributed by atoms with Crippen molar-refractivity contribution in [3.63, 3.8) is 0 Å². The van der Waals surface area contributed by atoms with Crippen LogP contribution in [0, 0.1) is 6.92 Å². The predicted octanol–water partition coefficient (Wildman–Crippen LogP) is 5.62. The molecule has 3 heterocycles. The van der Waals surface area contributed by atoms with Crippen molar-refractivity contribution >= 4 is 49.8 Å². The molecule has 0 radical (unpaired) electrons. The average Bonchev–Trinajstić information content (AvgIpc) is 3.45. The fourth-order valence-electron chi connectivity index (χ4n) is 5.12. The van der Waals surface area contributed by atoms with Gasteiger partial charge < -0.3 is 14.7 Å². The maximum Gasteiger partial charge on any atom is 0.301 e. The molecule has 1 atom stereocenters. The standard InChI is InChI=1S/C30H27N3O4S/c1-4-18-8-10-21-24(15-18)38-30(31-21)33-26(19-7-5-6-17(2)14-19)25(28(35)29(33)36)27(34)20-9-11-23-22(16-20)32(3)12-13-37-23/h5-11,14-16,26,34H,4,12-13H2,1-3H3/b27-25+. The Morgan fingerprint density at radius 1 is 1.13 bits per heavy atom. The average molecular weight is 526 g/mol. The molecule has 192 valence electrons. The lowest BCUT2D eigenvalue weighted by Gasteiger charge is -2.28. The van der Waals surface area contributed by atoms with Crippen LogP contribution in [0.25, 0.3) is 16.0 Å². The maximum absolute atomic E-state index is 13.6. The van der Waals surface area contributed by atoms with Gasteiger partial charge in [-0.05, 0) is 54.8 Å². The van der Waals surface area contributed by atoms with Gasteiger partial charge in [-0.2, -0.15) is 0 Å². The third-order valence-corrected chi connectivity index (χ3v) is 8.20. The van der Waals surface area contributed by atoms with Gasteiger partial charge in [0.1, 0.15) is 18.1 Å². The van der Waals surface area contributed by atoms with Crippen LogP contribution in [0.4, 0.5) is 10.8 Å². The highest BCUT2D eigenvalue weighted by Crippen LogP contribution is 2.45. The molecule has 6 rings (SSSR count). The van der Waals surface area contributed by atoms with E-state index in [0.717, 1.165) is 33.5 Å². The quantitative estimate of drug-likeness (QED) is 0.212. The zero-order chi connectivity index (χ0) is 26.6. The van der Waals surface area contributed by atoms with Crippen LogP contribution in [0.3, 0.4) is 0 Å². The molecule has 4 aromatic rings. The number of aliphatic hydroxyl groups excluding tert-OH is 1. The van der Waals surface area contributed by atoms with Gasteiger partial charge in [0.15, 0.2) is 5.13 Å². The van der Waals surface area contributed by atoms with E-state index in [1.165, 1.54) is 21.8 Å². The minimum Gasteiger partial charge on any atom is -0.507 e. The number of ether oxygens (including phenoxy) is 1. The molecular formula is C30H27N3O4S. The van der Waals surface area contributed by atoms with E-state index in [0.29, 0.717) is 29.6 Å². The largest absolute Gasteiger partial charge is 0.507 e. The second-order valence-corrected chi connectivity index (χ2v) is 10.7. The van der Waals surface area contributed by atoms with E-state index < -0.39 is 17.7 Å². The number of carbonyl (C=O) groups is 2. The Morgan fingerprint density at radius 2 is 1.97 bits per heavy atom. The molecule has 0 saturated carbocycles. The number of thiazole rings is 1. The topological polar surface area (TPSA) is 83.0 Å². The highest BCUT2D eigenvalue weighted by Gasteiger charge is 2.48. The Morgan fingerprint density at radius 3 is 2.76 bits per heavy atom. The first-order valence-corrected chi connectivity index (χ1v) is 13.4. The second kappa shape index (κ2) is 9.29. The van der Waals surface area contributed by atoms with E-state index in [-0.39, 0.29) is 11.3 Å². The lowest BCUT2D eigenvalue weighted by atomic mass is 9.94. The number of likely N-dealkylation sites (N-methyl/N-ethyl adjacent to an activating group) is 1. The van der Waals surface area contributed by atoms with Crippen molar-refractivity contribution in [2.75, 3.05) is 30.0 Å². The molecule has 1 unspecified atom stereocenters. The van der Waals surface area contributed by atoms with Gasteiger partial charge in [-0.25, -0.2) is 4.98 Å². The number of aromatic nitrogens is 1. The van der Waals surface area contributed by atoms with Gasteiger partial charge in [0, 0.05) is 12.6 Å². The van der Waals surface area contributed by atoms with Crippen LogP contribution in [-0.4, -0.2) is 42.0 Å². The zero-order valence-corrected chi connectivity index (χ0v) is 22.2. The van der Waals surface area contributed by atoms with Crippen LogP contribution >= 0.6 is 11.3 Å². The van der Waals surface area contributed by atoms with Crippen molar-refractivity contribution in [3.8, 4) is 5.75 Å². The van der Waals surface area contributed by atoms with Crippen LogP contribution in [0.2, 0.25) is 0 Å². The summed E-state index contributed by atoms with van der Waals surface area (Å²) in [4.78, 5) is 35.4. The zero-order valence-electron chi connectivity index (χ0n) is 21.4. The van der Waals surface area contributed by atoms with Gasteiger partial charge in [-0.3, -0.25) is 14.5 Å². The monoisotopic (exact) mass is 525 g/mol. The lowest BCUT2D eigenvalue weighted by molar-refractivity contribution is -0.132. The Kier molecular flexibility index (Phi) is 5.91. The number of aliphatic hydroxyl groups is 1. The number of rotatable bonds is 4. The number of carbonyl (C=O) groups excluding carboxylic acids is 2. The molecule has 1 saturated heterocycles. The van der Waals surface area contributed by atoms with Crippen molar-refractivity contribution < 1.29 is 19.4 Å². The Balaban J connectivity index is 1.54. The fourth-order valence-corrected chi connectivity index (χ4v) is 6.17. The summed E-state index contributed by atoms with van der Waals surface area (Å²) in [5, 5.41) is 12.0. The number of fused-ring (bicyclic) bond motifs is 2. The van der Waals surface area contributed by atoms with E-state index in [1.807, 2.05) is 55.3 Å². The SMILES string of the molecule is CCc1ccc2nc(N3C(=O)C(=O)/C(=C(/O)c4ccc5c(c4)N(C)CCO5)C3c3cccc(C)c3)sc2c1. The van der Waals surface area contributed by atoms with Gasteiger partial charge in [0.05, 0.1) is 34.1 Å². The lowest BCUT2D eigenvalue weighted by Crippen LogP contribution is -2.29. The third kappa shape index (κ3) is 3.92. The van der Waals surface area contributed by atoms with Crippen LogP contribution in [-0.2, 0) is 16.0 Å². The molecule has 1 N–H and O–H groups in total. The number of benzene rings is 3. The van der Waals surface area contributed by atoms with Gasteiger partial charge in [-0.15, -0.1) is 0 Å². The van der Waals surface area contributed by atoms with Gasteiger partial charge in [0.2, 0.25) is 0 Å². The maximum atomic E-state index is 13.6. The third-order valence-electron chi connectivity index (χ3n) is 7.19. The first-order valence-electron chi connectivity index (χ1n) is 12.6. The number of anilines is 2. The van der Waals surface area contributed by atoms with E-state index >= 15 is 0 Å². The highest BCUT2D eigenvalue weighted by atomic mass is 32.1. The molecule has 1 aromatic heterocycles. The van der Waals surface area contributed by atoms with E-state index in [9.17, 15) is 14.7 Å². The number of ketones is 1. The summed E-state index contributed by atoms with van der Waals surface area (Å²) in [6, 6.07) is 18.2. The number of nitrogens with zero attached hydrogens (tertiary/aromatic N) is 3. The van der Waals surface area contributed by atoms with Crippen LogP contribution in [0.15, 0.2) is 66.2 Å². The van der Waals surface area contributed by atoms with E-state index in [1.54, 1.807) is 18.2 Å². The molecule has 1 fully saturated rings. The van der Waals surface area contributed by atoms with Gasteiger partial charge >= 0.3 is 5.91 Å². The minimum atomic E-state index is -0.814. The summed E-state index contributed by atoms with van der Waals surface area (Å²) >= 11 is 1.38. The summed E-state index contributed by atoms with van der Waals surface area (Å²) in [7, 11) is 1.95. The molecule has 38 heavy (non-hydrogen) atoms. The normalized spacial score (nSPS) is 18.7. The number of amides is 1. The molecular weight excluding hydrogens is 498 g/mol. The molecule has 2 aliphatic rings. The predicted molar refractivity (Wildman–Crippen MR) is 150 cm³/mol. The van der Waals surface area contributed by atoms with E-state index in [4.69, 9.17) is 9.72 Å². The van der Waals surface area contributed by atoms with Crippen molar-refractivity contribution in [2.45, 2.75) is 26.3 Å². The number of hydrogen-bond donors (Lipinski definition) is 1. The number of hydrogen-bond acceptors (Lipinski definition) is 7. The van der Waals surface area contributed by atoms with Crippen LogP contribution in [0.5, 0.6) is 5.75 Å². The Hall–Kier alpha value is -4.17. The molecule has 0 bridgehead atoms. The van der Waals surface area contributed by atoms with Crippen molar-refractivity contribution in [1.82, 2.24) is 4.98 Å². The summed E-state index contributed by atoms with van der Waals surface area (Å²) in [6.45, 7) is 5.33. The van der Waals surface area contributed by atoms with E-state index in [2.05, 4.69) is 13.0 Å². The van der Waals surface area contributed by atoms with Gasteiger partial charge in [-0.1, -0.05) is 54.2 Å². The van der Waals surface area contributed by atoms with Crippen molar-refractivity contribution in [3.05, 3.63) is 88.5 Å². The number of aryl methyl sites for hydroxylation is 2. The first kappa shape index (κ1) is 24.2. The van der Waals surface area contributed by atoms with Gasteiger partial charge in [0.25, 0.3) is 5.78 Å². The summed E-state index contributed by atoms with van der Waals surface area (Å²) in [5.74, 6) is -0.934. The molecule has 0 spiro atoms. The highest BCUT2D eigenvalue weighted by molar-refractivity contribution is 7.22. The van der Waals surface area contributed by atoms with Crippen molar-refractivity contribution in [2.24, 2.45) is 0 Å². The molecule has 7 nitrogen and oxygen atoms in total. The fraction of sp³-hybridized carbons (Fsp3) is 0.233. The molecule has 2 aliphatic heterocycles. The first-order chi connectivity index (χ1) is 18.4. The van der Waals surface area contributed by atoms with Crippen molar-refractivity contribution in [1.29, 1.82) is 0 Å². The molecule has 8 heteroatoms. The summed E-state index contributed by atoms with van der Waals surface area (Å²) in [5.41, 5.74) is 4.98. The van der Waals surface area contributed by atoms with Crippen LogP contribution in [0.1, 0.15) is 35.2 Å². The second-order valence-electron chi connectivity index (χ2n) is 9.69. The summed E-state index contributed by atoms with van der Waals surface area (Å²) in [6.07, 6.45) is 0.887. The number of Topliss-reactive ketones (excluding diaryl/α,β-unsaturated/α-hetero) is 1. The molecule has 3 aromatic carbocycles. The Labute approximate surface area is 224 Å². The summed E-state index contributed by atoms with van der Waals surface area (Å²) < 4.78 is 6.69. The Bertz CT molecular complexity index is 1640. The van der Waals surface area contributed by atoms with Crippen LogP contribution < -0.4 is 14.5 Å². The molecule has 1 amide bonds. The smallest absolute Gasteiger partial charge is 0.301 e. The molecule has 0 aliphatic carbocycles. The minimum absolute atomic E-state index is 0.0495.